The number of pyridine rings is 4. The molecule has 8 heterocycles. The van der Waals surface area contributed by atoms with Gasteiger partial charge in [-0.15, -0.1) is 11.3 Å². The molecule has 1 aliphatic rings. The topological polar surface area (TPSA) is 372 Å². The smallest absolute Gasteiger partial charge is 0.301 e. The number of rotatable bonds is 19. The maximum atomic E-state index is 13.0. The summed E-state index contributed by atoms with van der Waals surface area (Å²) in [6, 6.07) is 77.7. The van der Waals surface area contributed by atoms with Gasteiger partial charge >= 0.3 is 6.01 Å². The van der Waals surface area contributed by atoms with Gasteiger partial charge in [0.1, 0.15) is 6.26 Å². The van der Waals surface area contributed by atoms with Gasteiger partial charge < -0.3 is 40.9 Å². The number of H-pyrrole nitrogens is 1. The third-order valence-electron chi connectivity index (χ3n) is 21.9. The minimum Gasteiger partial charge on any atom is -0.432 e. The molecule has 696 valence electrons. The fourth-order valence-electron chi connectivity index (χ4n) is 15.0. The number of thiazole rings is 1. The number of aromatic amines is 1. The van der Waals surface area contributed by atoms with Crippen molar-refractivity contribution in [1.29, 1.82) is 0 Å². The molecule has 0 unspecified atom stereocenters. The van der Waals surface area contributed by atoms with Crippen LogP contribution in [0.1, 0.15) is 82.9 Å². The molecule has 0 aliphatic carbocycles. The van der Waals surface area contributed by atoms with Crippen molar-refractivity contribution in [3.63, 3.8) is 0 Å². The van der Waals surface area contributed by atoms with Crippen molar-refractivity contribution in [2.24, 2.45) is 0 Å². The summed E-state index contributed by atoms with van der Waals surface area (Å²) in [6.45, 7) is 0.800. The molecule has 7 aromatic heterocycles. The van der Waals surface area contributed by atoms with E-state index >= 15 is 0 Å². The summed E-state index contributed by atoms with van der Waals surface area (Å²) in [7, 11) is 0. The summed E-state index contributed by atoms with van der Waals surface area (Å²) >= 11 is 52.7. The summed E-state index contributed by atoms with van der Waals surface area (Å²) in [5.41, 5.74) is 9.76. The lowest BCUT2D eigenvalue weighted by Crippen LogP contribution is -2.49. The average Bonchev–Trinajstić information content (AvgIpc) is 1.21. The fourth-order valence-corrected chi connectivity index (χ4v) is 17.5. The third kappa shape index (κ3) is 23.0. The number of halogens is 8. The van der Waals surface area contributed by atoms with E-state index in [1.165, 1.54) is 108 Å². The van der Waals surface area contributed by atoms with E-state index in [1.807, 2.05) is 121 Å². The molecule has 36 heteroatoms. The van der Waals surface area contributed by atoms with Crippen LogP contribution in [0.15, 0.2) is 333 Å². The fraction of sp³-hybridized carbons (Fsp3) is 0.0286. The van der Waals surface area contributed by atoms with E-state index in [4.69, 9.17) is 97.2 Å². The normalized spacial score (nSPS) is 11.5. The van der Waals surface area contributed by atoms with Gasteiger partial charge in [0, 0.05) is 151 Å². The second-order valence-corrected chi connectivity index (χ2v) is 35.1. The van der Waals surface area contributed by atoms with Crippen LogP contribution < -0.4 is 42.5 Å². The highest BCUT2D eigenvalue weighted by atomic mass is 35.5. The van der Waals surface area contributed by atoms with E-state index in [1.54, 1.807) is 115 Å². The molecule has 9 amide bonds. The van der Waals surface area contributed by atoms with Gasteiger partial charge in [0.25, 0.3) is 47.3 Å². The molecule has 19 aromatic rings. The molecule has 1 aliphatic heterocycles. The monoisotopic (exact) mass is 2040 g/mol. The number of oxazole rings is 1. The number of benzene rings is 12. The predicted molar refractivity (Wildman–Crippen MR) is 556 cm³/mol. The lowest BCUT2D eigenvalue weighted by Gasteiger charge is -2.26. The van der Waals surface area contributed by atoms with Gasteiger partial charge in [-0.05, 0) is 191 Å². The van der Waals surface area contributed by atoms with Crippen molar-refractivity contribution >= 4 is 240 Å². The van der Waals surface area contributed by atoms with Crippen molar-refractivity contribution in [3.05, 3.63) is 413 Å². The highest BCUT2D eigenvalue weighted by molar-refractivity contribution is 7.13. The first-order valence-electron chi connectivity index (χ1n) is 42.7. The van der Waals surface area contributed by atoms with Crippen molar-refractivity contribution in [1.82, 2.24) is 50.1 Å². The first-order chi connectivity index (χ1) is 68.4. The van der Waals surface area contributed by atoms with Crippen LogP contribution in [0.5, 0.6) is 0 Å². The first kappa shape index (κ1) is 96.6. The van der Waals surface area contributed by atoms with E-state index < -0.39 is 35.4 Å². The highest BCUT2D eigenvalue weighted by Crippen LogP contribution is 2.41. The summed E-state index contributed by atoms with van der Waals surface area (Å²) in [5, 5.41) is 34.6. The van der Waals surface area contributed by atoms with Crippen LogP contribution in [0, 0.1) is 0 Å². The second kappa shape index (κ2) is 44.1. The number of anilines is 7. The molecule has 0 atom stereocenters. The molecule has 141 heavy (non-hydrogen) atoms. The molecule has 12 aromatic carbocycles. The maximum Gasteiger partial charge on any atom is 0.301 e. The zero-order chi connectivity index (χ0) is 98.3. The van der Waals surface area contributed by atoms with Crippen LogP contribution in [-0.4, -0.2) is 118 Å². The van der Waals surface area contributed by atoms with Gasteiger partial charge in [-0.1, -0.05) is 190 Å². The maximum absolute atomic E-state index is 13.0. The Labute approximate surface area is 846 Å². The molecule has 0 spiro atoms. The highest BCUT2D eigenvalue weighted by Gasteiger charge is 2.27. The summed E-state index contributed by atoms with van der Waals surface area (Å²) in [5.74, 6) is -3.16. The van der Waals surface area contributed by atoms with Crippen LogP contribution in [0.3, 0.4) is 0 Å². The number of imidazole rings is 1. The van der Waals surface area contributed by atoms with Crippen LogP contribution >= 0.6 is 104 Å². The molecule has 0 saturated carbocycles. The quantitative estimate of drug-likeness (QED) is 0.0363. The lowest BCUT2D eigenvalue weighted by molar-refractivity contribution is -0.123. The summed E-state index contributed by atoms with van der Waals surface area (Å²) in [6.07, 6.45) is 14.4. The number of aromatic nitrogens is 8. The van der Waals surface area contributed by atoms with E-state index in [9.17, 15) is 43.2 Å². The Morgan fingerprint density at radius 3 is 1.01 bits per heavy atom. The van der Waals surface area contributed by atoms with Crippen LogP contribution in [0.4, 0.5) is 39.8 Å². The number of hydrogen-bond donors (Lipinski definition) is 9. The molecule has 0 radical (unpaired) electrons. The molecular weight excluding hydrogens is 1970 g/mol. The molecule has 1 fully saturated rings. The lowest BCUT2D eigenvalue weighted by atomic mass is 10.0. The average molecular weight is 2040 g/mol. The van der Waals surface area contributed by atoms with Crippen molar-refractivity contribution in [2.75, 3.05) is 56.9 Å². The Hall–Kier alpha value is -16.1. The van der Waals surface area contributed by atoms with Crippen LogP contribution in [0.25, 0.3) is 88.1 Å². The summed E-state index contributed by atoms with van der Waals surface area (Å²) < 4.78 is 5.00. The molecule has 27 nitrogen and oxygen atoms in total. The number of carbonyl (C=O) groups is 9. The Kier molecular flexibility index (Phi) is 30.2. The number of carbonyl (C=O) groups excluding carboxylic acids is 9. The Morgan fingerprint density at radius 1 is 0.326 bits per heavy atom. The number of nitrogens with zero attached hydrogens (tertiary/aromatic N) is 8. The molecular formula is C105H69Cl8N17O10S. The Bertz CT molecular complexity index is 7530. The molecule has 9 N–H and O–H groups in total. The molecule has 20 rings (SSSR count). The van der Waals surface area contributed by atoms with Crippen molar-refractivity contribution < 1.29 is 47.6 Å². The minimum absolute atomic E-state index is 0.0108. The van der Waals surface area contributed by atoms with Crippen LogP contribution in [0.2, 0.25) is 40.2 Å². The second-order valence-electron chi connectivity index (χ2n) is 30.9. The van der Waals surface area contributed by atoms with Gasteiger partial charge in [0.15, 0.2) is 5.13 Å². The largest absolute Gasteiger partial charge is 0.432 e. The van der Waals surface area contributed by atoms with E-state index in [0.29, 0.717) is 123 Å². The van der Waals surface area contributed by atoms with Gasteiger partial charge in [-0.25, -0.2) is 15.0 Å². The van der Waals surface area contributed by atoms with Crippen LogP contribution in [-0.2, 0) is 4.79 Å². The van der Waals surface area contributed by atoms with Gasteiger partial charge in [0.2, 0.25) is 11.9 Å². The molecule has 0 bridgehead atoms. The van der Waals surface area contributed by atoms with E-state index in [2.05, 4.69) is 82.4 Å². The minimum atomic E-state index is -0.466. The Morgan fingerprint density at radius 2 is 0.681 bits per heavy atom. The Balaban J connectivity index is 0.000000130. The summed E-state index contributed by atoms with van der Waals surface area (Å²) in [4.78, 5) is 147. The van der Waals surface area contributed by atoms with Gasteiger partial charge in [-0.3, -0.25) is 79.0 Å². The number of hydrogen-bond acceptors (Lipinski definition) is 18. The van der Waals surface area contributed by atoms with Crippen molar-refractivity contribution in [3.8, 4) is 45.0 Å². The zero-order valence-corrected chi connectivity index (χ0v) is 79.8. The first-order valence-corrected chi connectivity index (χ1v) is 46.6. The van der Waals surface area contributed by atoms with E-state index in [0.717, 1.165) is 48.8 Å². The number of nitrogens with one attached hydrogen (secondary N) is 9. The number of piperazine rings is 1. The third-order valence-corrected chi connectivity index (χ3v) is 25.1. The predicted octanol–water partition coefficient (Wildman–Crippen LogP) is 25.3. The van der Waals surface area contributed by atoms with E-state index in [-0.39, 0.29) is 78.2 Å². The van der Waals surface area contributed by atoms with Gasteiger partial charge in [0.05, 0.1) is 98.0 Å². The standard InChI is InChI=1S/C27H20Cl2N4O3.C26H17Cl2N5O2.C26H16Cl2N4O3.C26H16Cl2N4O2S/c28-22-8-6-18(14-21(22)25-19-4-2-1-3-16(19)9-10-31-25)32-26(35)20-7-5-17(13-23(20)29)27(36)33-12-11-30-24(34)15-33;27-21-8-6-17(14-20(21)23-18-4-2-1-3-15(18)9-10-29-23)32-25(35)19-7-5-16(13-22(19)28)24(34)33-26-30-11-12-31-26;2*27-21-8-6-17(14-20(21)23-18-4-2-1-3-15(18)9-10-29-23)31-25(34)19-7-5-16(13-22(19)28)24(33)32-26-30-11-12-35-26/h1-10,13-14H,11-12,15H2,(H,30,34)(H,32,35);1-14H,(H,32,35)(H2,30,31,33,34);2*1-14H,(H,31,34)(H,30,32,33). The van der Waals surface area contributed by atoms with Crippen molar-refractivity contribution in [2.45, 2.75) is 0 Å². The zero-order valence-electron chi connectivity index (χ0n) is 72.9. The number of amides is 9. The number of fused-ring (bicyclic) bond motifs is 4. The SMILES string of the molecule is O=C(Nc1ncc[nH]1)c1ccc(C(=O)Nc2ccc(Cl)c(-c3nccc4ccccc34)c2)c(Cl)c1.O=C(Nc1ncco1)c1ccc(C(=O)Nc2ccc(Cl)c(-c3nccc4ccccc34)c2)c(Cl)c1.O=C(Nc1nccs1)c1ccc(C(=O)Nc2ccc(Cl)c(-c3nccc4ccccc34)c2)c(Cl)c1.O=C1CN(C(=O)c2ccc(C(=O)Nc3ccc(Cl)c(-c4nccc5ccccc45)c3)c(Cl)c2)CCN1. The molecule has 1 saturated heterocycles. The van der Waals surface area contributed by atoms with Gasteiger partial charge in [-0.2, -0.15) is 0 Å².